The number of urea groups is 1. The average molecular weight is 338 g/mol. The summed E-state index contributed by atoms with van der Waals surface area (Å²) in [6, 6.07) is 3.25. The Labute approximate surface area is 144 Å². The molecule has 0 unspecified atom stereocenters. The van der Waals surface area contributed by atoms with Crippen molar-refractivity contribution in [1.82, 2.24) is 5.32 Å². The maximum atomic E-state index is 12.0. The summed E-state index contributed by atoms with van der Waals surface area (Å²) >= 11 is 0. The van der Waals surface area contributed by atoms with Crippen molar-refractivity contribution in [2.24, 2.45) is 5.92 Å². The summed E-state index contributed by atoms with van der Waals surface area (Å²) < 4.78 is 16.9. The van der Waals surface area contributed by atoms with Gasteiger partial charge in [0.05, 0.1) is 25.5 Å². The van der Waals surface area contributed by atoms with Crippen LogP contribution in [0.15, 0.2) is 12.1 Å². The molecule has 0 bridgehead atoms. The molecule has 0 aromatic heterocycles. The number of anilines is 1. The molecule has 2 N–H and O–H groups in total. The van der Waals surface area contributed by atoms with Gasteiger partial charge in [-0.05, 0) is 33.1 Å². The Morgan fingerprint density at radius 2 is 1.54 bits per heavy atom. The van der Waals surface area contributed by atoms with Crippen molar-refractivity contribution in [2.75, 3.05) is 31.7 Å². The fraction of sp³-hybridized carbons (Fsp3) is 0.611. The van der Waals surface area contributed by atoms with Gasteiger partial charge < -0.3 is 24.8 Å². The van der Waals surface area contributed by atoms with E-state index in [2.05, 4.69) is 24.5 Å². The van der Waals surface area contributed by atoms with E-state index in [4.69, 9.17) is 14.2 Å². The number of nitrogens with one attached hydrogen (secondary N) is 2. The van der Waals surface area contributed by atoms with E-state index in [1.54, 1.807) is 12.1 Å². The van der Waals surface area contributed by atoms with Gasteiger partial charge in [0.1, 0.15) is 0 Å². The Bertz CT molecular complexity index is 491. The molecule has 6 nitrogen and oxygen atoms in total. The molecular weight excluding hydrogens is 308 g/mol. The molecule has 0 aliphatic rings. The van der Waals surface area contributed by atoms with Crippen LogP contribution in [0.5, 0.6) is 17.2 Å². The Morgan fingerprint density at radius 3 is 2.00 bits per heavy atom. The third kappa shape index (κ3) is 6.56. The topological polar surface area (TPSA) is 68.8 Å². The minimum absolute atomic E-state index is 0.246. The van der Waals surface area contributed by atoms with Crippen molar-refractivity contribution in [3.63, 3.8) is 0 Å². The summed E-state index contributed by atoms with van der Waals surface area (Å²) in [5.74, 6) is 2.22. The van der Waals surface area contributed by atoms with Crippen molar-refractivity contribution < 1.29 is 19.0 Å². The van der Waals surface area contributed by atoms with Gasteiger partial charge in [0, 0.05) is 18.7 Å². The summed E-state index contributed by atoms with van der Waals surface area (Å²) in [6.07, 6.45) is 0.936. The highest BCUT2D eigenvalue weighted by Crippen LogP contribution is 2.40. The van der Waals surface area contributed by atoms with Gasteiger partial charge >= 0.3 is 6.03 Å². The van der Waals surface area contributed by atoms with Crippen molar-refractivity contribution in [3.8, 4) is 17.2 Å². The largest absolute Gasteiger partial charge is 0.490 e. The first kappa shape index (κ1) is 19.9. The number of hydrogen-bond donors (Lipinski definition) is 2. The Hall–Kier alpha value is -2.11. The van der Waals surface area contributed by atoms with Gasteiger partial charge in [0.25, 0.3) is 0 Å². The molecule has 1 aromatic rings. The van der Waals surface area contributed by atoms with Gasteiger partial charge in [-0.25, -0.2) is 4.79 Å². The van der Waals surface area contributed by atoms with Crippen LogP contribution in [0.1, 0.15) is 41.0 Å². The molecule has 0 fully saturated rings. The first-order valence-electron chi connectivity index (χ1n) is 8.63. The third-order valence-electron chi connectivity index (χ3n) is 3.17. The van der Waals surface area contributed by atoms with E-state index in [-0.39, 0.29) is 6.03 Å². The van der Waals surface area contributed by atoms with Crippen LogP contribution < -0.4 is 24.8 Å². The first-order valence-corrected chi connectivity index (χ1v) is 8.63. The van der Waals surface area contributed by atoms with E-state index >= 15 is 0 Å². The average Bonchev–Trinajstić information content (AvgIpc) is 2.50. The second kappa shape index (κ2) is 10.6. The molecule has 0 saturated heterocycles. The molecule has 0 atom stereocenters. The van der Waals surface area contributed by atoms with E-state index in [1.807, 2.05) is 20.8 Å². The molecule has 0 aliphatic carbocycles. The Morgan fingerprint density at radius 1 is 1.00 bits per heavy atom. The van der Waals surface area contributed by atoms with Crippen LogP contribution in [0.2, 0.25) is 0 Å². The molecule has 136 valence electrons. The van der Waals surface area contributed by atoms with Crippen molar-refractivity contribution in [2.45, 2.75) is 41.0 Å². The lowest BCUT2D eigenvalue weighted by molar-refractivity contribution is 0.251. The molecule has 0 aliphatic heterocycles. The number of carbonyl (C=O) groups is 1. The molecular formula is C18H30N2O4. The fourth-order valence-corrected chi connectivity index (χ4v) is 2.11. The van der Waals surface area contributed by atoms with Crippen LogP contribution in [0.3, 0.4) is 0 Å². The van der Waals surface area contributed by atoms with Crippen molar-refractivity contribution >= 4 is 11.7 Å². The van der Waals surface area contributed by atoms with E-state index in [0.29, 0.717) is 55.2 Å². The van der Waals surface area contributed by atoms with Crippen LogP contribution in [-0.4, -0.2) is 32.4 Å². The number of rotatable bonds is 10. The third-order valence-corrected chi connectivity index (χ3v) is 3.17. The standard InChI is InChI=1S/C18H30N2O4/c1-6-22-15-11-14(20-18(21)19-10-9-13(4)5)12-16(23-7-2)17(15)24-8-3/h11-13H,6-10H2,1-5H3,(H2,19,20,21). The van der Waals surface area contributed by atoms with Crippen LogP contribution in [-0.2, 0) is 0 Å². The second-order valence-corrected chi connectivity index (χ2v) is 5.66. The van der Waals surface area contributed by atoms with Crippen molar-refractivity contribution in [1.29, 1.82) is 0 Å². The minimum atomic E-state index is -0.246. The highest BCUT2D eigenvalue weighted by Gasteiger charge is 2.16. The highest BCUT2D eigenvalue weighted by molar-refractivity contribution is 5.90. The molecule has 1 rings (SSSR count). The molecule has 0 radical (unpaired) electrons. The number of amides is 2. The molecule has 24 heavy (non-hydrogen) atoms. The number of ether oxygens (including phenoxy) is 3. The van der Waals surface area contributed by atoms with Crippen LogP contribution in [0.4, 0.5) is 10.5 Å². The molecule has 0 spiro atoms. The van der Waals surface area contributed by atoms with E-state index in [0.717, 1.165) is 6.42 Å². The summed E-state index contributed by atoms with van der Waals surface area (Å²) in [5.41, 5.74) is 0.604. The maximum absolute atomic E-state index is 12.0. The lowest BCUT2D eigenvalue weighted by atomic mass is 10.1. The summed E-state index contributed by atoms with van der Waals surface area (Å²) in [4.78, 5) is 12.0. The summed E-state index contributed by atoms with van der Waals surface area (Å²) in [7, 11) is 0. The predicted molar refractivity (Wildman–Crippen MR) is 96.4 cm³/mol. The van der Waals surface area contributed by atoms with Crippen LogP contribution in [0.25, 0.3) is 0 Å². The zero-order valence-corrected chi connectivity index (χ0v) is 15.4. The monoisotopic (exact) mass is 338 g/mol. The lowest BCUT2D eigenvalue weighted by Crippen LogP contribution is -2.30. The molecule has 6 heteroatoms. The van der Waals surface area contributed by atoms with Crippen molar-refractivity contribution in [3.05, 3.63) is 12.1 Å². The molecule has 2 amide bonds. The predicted octanol–water partition coefficient (Wildman–Crippen LogP) is 4.05. The van der Waals surface area contributed by atoms with Gasteiger partial charge in [-0.3, -0.25) is 0 Å². The number of benzene rings is 1. The number of hydrogen-bond acceptors (Lipinski definition) is 4. The molecule has 0 saturated carbocycles. The van der Waals surface area contributed by atoms with Crippen LogP contribution >= 0.6 is 0 Å². The lowest BCUT2D eigenvalue weighted by Gasteiger charge is -2.17. The maximum Gasteiger partial charge on any atom is 0.319 e. The summed E-state index contributed by atoms with van der Waals surface area (Å²) in [6.45, 7) is 12.1. The normalized spacial score (nSPS) is 10.4. The smallest absolute Gasteiger partial charge is 0.319 e. The van der Waals surface area contributed by atoms with E-state index in [9.17, 15) is 4.79 Å². The van der Waals surface area contributed by atoms with Gasteiger partial charge in [0.15, 0.2) is 11.5 Å². The zero-order valence-electron chi connectivity index (χ0n) is 15.4. The second-order valence-electron chi connectivity index (χ2n) is 5.66. The summed E-state index contributed by atoms with van der Waals surface area (Å²) in [5, 5.41) is 5.66. The van der Waals surface area contributed by atoms with Gasteiger partial charge in [0.2, 0.25) is 5.75 Å². The Kier molecular flexibility index (Phi) is 8.83. The van der Waals surface area contributed by atoms with Gasteiger partial charge in [-0.2, -0.15) is 0 Å². The van der Waals surface area contributed by atoms with Gasteiger partial charge in [-0.15, -0.1) is 0 Å². The molecule has 0 heterocycles. The van der Waals surface area contributed by atoms with Crippen LogP contribution in [0, 0.1) is 5.92 Å². The Balaban J connectivity index is 2.91. The molecule has 1 aromatic carbocycles. The zero-order chi connectivity index (χ0) is 17.9. The highest BCUT2D eigenvalue weighted by atomic mass is 16.5. The number of carbonyl (C=O) groups excluding carboxylic acids is 1. The first-order chi connectivity index (χ1) is 11.5. The quantitative estimate of drug-likeness (QED) is 0.675. The van der Waals surface area contributed by atoms with E-state index < -0.39 is 0 Å². The SMILES string of the molecule is CCOc1cc(NC(=O)NCCC(C)C)cc(OCC)c1OCC. The fourth-order valence-electron chi connectivity index (χ4n) is 2.11. The minimum Gasteiger partial charge on any atom is -0.490 e. The van der Waals surface area contributed by atoms with Gasteiger partial charge in [-0.1, -0.05) is 13.8 Å². The van der Waals surface area contributed by atoms with E-state index in [1.165, 1.54) is 0 Å².